The highest BCUT2D eigenvalue weighted by molar-refractivity contribution is 7.03. The van der Waals surface area contributed by atoms with Crippen molar-refractivity contribution in [2.75, 3.05) is 20.1 Å². The summed E-state index contributed by atoms with van der Waals surface area (Å²) in [5.74, 6) is 0. The second-order valence-corrected chi connectivity index (χ2v) is 4.47. The minimum atomic E-state index is 0.810. The lowest BCUT2D eigenvalue weighted by Crippen LogP contribution is -2.30. The van der Waals surface area contributed by atoms with Crippen molar-refractivity contribution in [3.05, 3.63) is 11.1 Å². The van der Waals surface area contributed by atoms with E-state index in [1.54, 1.807) is 0 Å². The lowest BCUT2D eigenvalue weighted by Gasteiger charge is -2.14. The SMILES string of the molecule is CN(CCNC1CC1)Cc1csnn1. The van der Waals surface area contributed by atoms with E-state index in [1.807, 2.05) is 5.38 Å². The van der Waals surface area contributed by atoms with Crippen LogP contribution in [0.2, 0.25) is 0 Å². The Kier molecular flexibility index (Phi) is 3.44. The fourth-order valence-corrected chi connectivity index (χ4v) is 1.80. The number of nitrogens with zero attached hydrogens (tertiary/aromatic N) is 3. The first kappa shape index (κ1) is 10.0. The Hall–Kier alpha value is -0.520. The Morgan fingerprint density at radius 2 is 2.50 bits per heavy atom. The molecule has 1 N–H and O–H groups in total. The Morgan fingerprint density at radius 1 is 1.64 bits per heavy atom. The summed E-state index contributed by atoms with van der Waals surface area (Å²) in [7, 11) is 2.12. The summed E-state index contributed by atoms with van der Waals surface area (Å²) < 4.78 is 3.84. The van der Waals surface area contributed by atoms with Crippen LogP contribution in [-0.2, 0) is 6.54 Å². The zero-order valence-electron chi connectivity index (χ0n) is 8.44. The zero-order valence-corrected chi connectivity index (χ0v) is 9.26. The Labute approximate surface area is 88.5 Å². The fourth-order valence-electron chi connectivity index (χ4n) is 1.36. The average molecular weight is 212 g/mol. The summed E-state index contributed by atoms with van der Waals surface area (Å²) in [6, 6.07) is 0.810. The highest BCUT2D eigenvalue weighted by atomic mass is 32.1. The van der Waals surface area contributed by atoms with Crippen molar-refractivity contribution < 1.29 is 0 Å². The van der Waals surface area contributed by atoms with E-state index in [1.165, 1.54) is 24.4 Å². The molecule has 0 aliphatic heterocycles. The standard InChI is InChI=1S/C9H16N4S/c1-13(5-4-10-8-2-3-8)6-9-7-14-12-11-9/h7-8,10H,2-6H2,1H3. The quantitative estimate of drug-likeness (QED) is 0.754. The van der Waals surface area contributed by atoms with E-state index < -0.39 is 0 Å². The van der Waals surface area contributed by atoms with E-state index in [9.17, 15) is 0 Å². The van der Waals surface area contributed by atoms with Crippen LogP contribution in [0.3, 0.4) is 0 Å². The minimum absolute atomic E-state index is 0.810. The molecule has 0 unspecified atom stereocenters. The minimum Gasteiger partial charge on any atom is -0.313 e. The van der Waals surface area contributed by atoms with Crippen molar-refractivity contribution in [1.82, 2.24) is 19.8 Å². The third-order valence-corrected chi connectivity index (χ3v) is 2.89. The van der Waals surface area contributed by atoms with E-state index in [0.717, 1.165) is 31.4 Å². The van der Waals surface area contributed by atoms with Gasteiger partial charge in [-0.15, -0.1) is 5.10 Å². The number of nitrogens with one attached hydrogen (secondary N) is 1. The topological polar surface area (TPSA) is 41.0 Å². The van der Waals surface area contributed by atoms with Crippen molar-refractivity contribution >= 4 is 11.5 Å². The number of hydrogen-bond acceptors (Lipinski definition) is 5. The smallest absolute Gasteiger partial charge is 0.0895 e. The van der Waals surface area contributed by atoms with Gasteiger partial charge in [0, 0.05) is 31.1 Å². The van der Waals surface area contributed by atoms with Gasteiger partial charge in [-0.3, -0.25) is 4.90 Å². The van der Waals surface area contributed by atoms with Crippen molar-refractivity contribution in [2.24, 2.45) is 0 Å². The van der Waals surface area contributed by atoms with Crippen LogP contribution in [0.15, 0.2) is 5.38 Å². The van der Waals surface area contributed by atoms with E-state index in [4.69, 9.17) is 0 Å². The Balaban J connectivity index is 1.60. The molecule has 78 valence electrons. The van der Waals surface area contributed by atoms with Crippen LogP contribution in [0.25, 0.3) is 0 Å². The first-order chi connectivity index (χ1) is 6.84. The monoisotopic (exact) mass is 212 g/mol. The molecular weight excluding hydrogens is 196 g/mol. The second kappa shape index (κ2) is 4.82. The molecule has 2 rings (SSSR count). The van der Waals surface area contributed by atoms with Gasteiger partial charge >= 0.3 is 0 Å². The highest BCUT2D eigenvalue weighted by Crippen LogP contribution is 2.17. The highest BCUT2D eigenvalue weighted by Gasteiger charge is 2.19. The van der Waals surface area contributed by atoms with E-state index in [2.05, 4.69) is 26.9 Å². The molecule has 1 aliphatic rings. The Morgan fingerprint density at radius 3 is 3.14 bits per heavy atom. The Bertz CT molecular complexity index is 258. The van der Waals surface area contributed by atoms with Gasteiger partial charge in [-0.05, 0) is 31.4 Å². The van der Waals surface area contributed by atoms with Crippen molar-refractivity contribution in [2.45, 2.75) is 25.4 Å². The predicted octanol–water partition coefficient (Wildman–Crippen LogP) is 0.722. The average Bonchev–Trinajstić information content (AvgIpc) is 2.83. The molecule has 14 heavy (non-hydrogen) atoms. The summed E-state index contributed by atoms with van der Waals surface area (Å²) in [6.45, 7) is 3.07. The van der Waals surface area contributed by atoms with Gasteiger partial charge in [0.1, 0.15) is 0 Å². The third kappa shape index (κ3) is 3.32. The maximum absolute atomic E-state index is 4.02. The molecule has 1 aromatic rings. The fraction of sp³-hybridized carbons (Fsp3) is 0.778. The normalized spacial score (nSPS) is 16.4. The van der Waals surface area contributed by atoms with E-state index in [-0.39, 0.29) is 0 Å². The largest absolute Gasteiger partial charge is 0.313 e. The van der Waals surface area contributed by atoms with Gasteiger partial charge in [-0.1, -0.05) is 4.49 Å². The van der Waals surface area contributed by atoms with Gasteiger partial charge < -0.3 is 5.32 Å². The molecule has 0 radical (unpaired) electrons. The number of hydrogen-bond donors (Lipinski definition) is 1. The molecule has 0 atom stereocenters. The van der Waals surface area contributed by atoms with Crippen LogP contribution in [0.5, 0.6) is 0 Å². The van der Waals surface area contributed by atoms with Gasteiger partial charge in [0.25, 0.3) is 0 Å². The molecule has 1 heterocycles. The van der Waals surface area contributed by atoms with Crippen LogP contribution in [0.4, 0.5) is 0 Å². The second-order valence-electron chi connectivity index (χ2n) is 3.86. The molecule has 1 aliphatic carbocycles. The summed E-state index contributed by atoms with van der Waals surface area (Å²) >= 11 is 1.42. The zero-order chi connectivity index (χ0) is 9.80. The molecule has 4 nitrogen and oxygen atoms in total. The molecule has 1 fully saturated rings. The van der Waals surface area contributed by atoms with Crippen molar-refractivity contribution in [1.29, 1.82) is 0 Å². The number of aromatic nitrogens is 2. The summed E-state index contributed by atoms with van der Waals surface area (Å²) in [5, 5.41) is 9.51. The molecule has 0 saturated heterocycles. The number of likely N-dealkylation sites (N-methyl/N-ethyl adjacent to an activating group) is 1. The molecule has 0 bridgehead atoms. The van der Waals surface area contributed by atoms with Gasteiger partial charge in [-0.2, -0.15) is 0 Å². The van der Waals surface area contributed by atoms with Gasteiger partial charge in [0.15, 0.2) is 0 Å². The predicted molar refractivity (Wildman–Crippen MR) is 57.3 cm³/mol. The van der Waals surface area contributed by atoms with Crippen LogP contribution >= 0.6 is 11.5 Å². The maximum Gasteiger partial charge on any atom is 0.0895 e. The third-order valence-electron chi connectivity index (χ3n) is 2.34. The molecule has 0 spiro atoms. The first-order valence-electron chi connectivity index (χ1n) is 5.02. The first-order valence-corrected chi connectivity index (χ1v) is 5.86. The van der Waals surface area contributed by atoms with Crippen LogP contribution in [0.1, 0.15) is 18.5 Å². The van der Waals surface area contributed by atoms with Crippen LogP contribution < -0.4 is 5.32 Å². The van der Waals surface area contributed by atoms with E-state index >= 15 is 0 Å². The van der Waals surface area contributed by atoms with E-state index in [0.29, 0.717) is 0 Å². The summed E-state index contributed by atoms with van der Waals surface area (Å²) in [6.07, 6.45) is 2.72. The van der Waals surface area contributed by atoms with Crippen molar-refractivity contribution in [3.63, 3.8) is 0 Å². The van der Waals surface area contributed by atoms with Gasteiger partial charge in [-0.25, -0.2) is 0 Å². The number of rotatable bonds is 6. The maximum atomic E-state index is 4.02. The molecular formula is C9H16N4S. The lowest BCUT2D eigenvalue weighted by atomic mass is 10.4. The van der Waals surface area contributed by atoms with Gasteiger partial charge in [0.2, 0.25) is 0 Å². The van der Waals surface area contributed by atoms with Gasteiger partial charge in [0.05, 0.1) is 5.69 Å². The molecule has 1 saturated carbocycles. The molecule has 1 aromatic heterocycles. The molecule has 0 aromatic carbocycles. The van der Waals surface area contributed by atoms with Crippen LogP contribution in [0, 0.1) is 0 Å². The summed E-state index contributed by atoms with van der Waals surface area (Å²) in [4.78, 5) is 2.27. The summed E-state index contributed by atoms with van der Waals surface area (Å²) in [5.41, 5.74) is 1.07. The van der Waals surface area contributed by atoms with Crippen LogP contribution in [-0.4, -0.2) is 40.7 Å². The lowest BCUT2D eigenvalue weighted by molar-refractivity contribution is 0.320. The molecule has 5 heteroatoms. The van der Waals surface area contributed by atoms with Crippen molar-refractivity contribution in [3.8, 4) is 0 Å². The molecule has 0 amide bonds.